The van der Waals surface area contributed by atoms with Gasteiger partial charge in [0.1, 0.15) is 42.9 Å². The van der Waals surface area contributed by atoms with Gasteiger partial charge in [0.15, 0.2) is 34.8 Å². The first-order chi connectivity index (χ1) is 24.4. The van der Waals surface area contributed by atoms with Gasteiger partial charge >= 0.3 is 0 Å². The van der Waals surface area contributed by atoms with E-state index in [9.17, 15) is 50.4 Å². The first-order valence-corrected chi connectivity index (χ1v) is 16.5. The number of anilines is 2. The third-order valence-electron chi connectivity index (χ3n) is 9.12. The van der Waals surface area contributed by atoms with E-state index in [1.807, 2.05) is 6.92 Å². The molecule has 6 rings (SSSR count). The van der Waals surface area contributed by atoms with E-state index in [4.69, 9.17) is 9.47 Å². The van der Waals surface area contributed by atoms with Crippen molar-refractivity contribution in [3.63, 3.8) is 0 Å². The predicted molar refractivity (Wildman–Crippen MR) is 174 cm³/mol. The van der Waals surface area contributed by atoms with Crippen molar-refractivity contribution in [1.29, 1.82) is 0 Å². The molecule has 11 atom stereocenters. The highest BCUT2D eigenvalue weighted by Gasteiger charge is 2.45. The fourth-order valence-electron chi connectivity index (χ4n) is 6.33. The average Bonchev–Trinajstić information content (AvgIpc) is 3.85. The smallest absolute Gasteiger partial charge is 0.280 e. The van der Waals surface area contributed by atoms with Gasteiger partial charge in [-0.25, -0.2) is 9.97 Å². The molecule has 0 saturated carbocycles. The molecule has 4 aromatic rings. The van der Waals surface area contributed by atoms with Crippen LogP contribution in [0.4, 0.5) is 11.9 Å². The molecule has 0 amide bonds. The molecule has 0 aromatic carbocycles. The quantitative estimate of drug-likeness (QED) is 0.0415. The predicted octanol–water partition coefficient (Wildman–Crippen LogP) is -3.68. The molecule has 280 valence electrons. The number of hydrogen-bond acceptors (Lipinski definition) is 18. The highest BCUT2D eigenvalue weighted by molar-refractivity contribution is 5.71. The summed E-state index contributed by atoms with van der Waals surface area (Å²) in [5.41, 5.74) is -1.70. The number of aromatic amines is 2. The molecule has 22 nitrogen and oxygen atoms in total. The molecule has 2 aliphatic heterocycles. The molecule has 22 heteroatoms. The third kappa shape index (κ3) is 7.19. The second kappa shape index (κ2) is 15.2. The van der Waals surface area contributed by atoms with Gasteiger partial charge in [0.05, 0.1) is 38.0 Å². The average molecular weight is 723 g/mol. The number of aliphatic hydroxyl groups is 8. The molecule has 12 N–H and O–H groups in total. The number of aromatic nitrogens is 8. The van der Waals surface area contributed by atoms with Crippen LogP contribution in [0.15, 0.2) is 22.2 Å². The number of hydrogen-bond donors (Lipinski definition) is 12. The van der Waals surface area contributed by atoms with E-state index in [1.54, 1.807) is 0 Å². The first-order valence-electron chi connectivity index (χ1n) is 16.5. The van der Waals surface area contributed by atoms with E-state index in [0.717, 1.165) is 12.8 Å². The zero-order valence-electron chi connectivity index (χ0n) is 27.3. The lowest BCUT2D eigenvalue weighted by Crippen LogP contribution is -2.40. The summed E-state index contributed by atoms with van der Waals surface area (Å²) in [4.78, 5) is 47.7. The molecule has 2 aliphatic rings. The number of nitrogens with one attached hydrogen (secondary N) is 4. The van der Waals surface area contributed by atoms with Gasteiger partial charge in [-0.1, -0.05) is 26.2 Å². The number of unbranched alkanes of at least 4 members (excludes halogenated alkanes) is 2. The highest BCUT2D eigenvalue weighted by Crippen LogP contribution is 2.32. The number of fused-ring (bicyclic) bond motifs is 2. The Balaban J connectivity index is 1.24. The van der Waals surface area contributed by atoms with Gasteiger partial charge in [0.2, 0.25) is 11.9 Å². The maximum absolute atomic E-state index is 13.0. The van der Waals surface area contributed by atoms with Crippen molar-refractivity contribution in [3.8, 4) is 0 Å². The Labute approximate surface area is 287 Å². The number of ether oxygens (including phenoxy) is 2. The second-order valence-corrected chi connectivity index (χ2v) is 12.6. The Morgan fingerprint density at radius 1 is 0.784 bits per heavy atom. The van der Waals surface area contributed by atoms with Crippen molar-refractivity contribution in [2.24, 2.45) is 0 Å². The summed E-state index contributed by atoms with van der Waals surface area (Å²) in [6.07, 6.45) is -8.08. The zero-order valence-corrected chi connectivity index (χ0v) is 27.3. The Bertz CT molecular complexity index is 1920. The Hall–Kier alpha value is -4.10. The lowest BCUT2D eigenvalue weighted by Gasteiger charge is -2.27. The van der Waals surface area contributed by atoms with Gasteiger partial charge in [-0.15, -0.1) is 0 Å². The summed E-state index contributed by atoms with van der Waals surface area (Å²) < 4.78 is 13.6. The fraction of sp³-hybridized carbons (Fsp3) is 0.655. The number of imidazole rings is 2. The molecule has 0 spiro atoms. The van der Waals surface area contributed by atoms with Crippen molar-refractivity contribution in [3.05, 3.63) is 33.4 Å². The van der Waals surface area contributed by atoms with E-state index >= 15 is 0 Å². The topological polar surface area (TPSA) is 332 Å². The molecule has 2 saturated heterocycles. The van der Waals surface area contributed by atoms with Gasteiger partial charge < -0.3 is 61.0 Å². The molecule has 4 aromatic heterocycles. The molecule has 0 aliphatic carbocycles. The van der Waals surface area contributed by atoms with Crippen molar-refractivity contribution >= 4 is 34.2 Å². The number of aliphatic hydroxyl groups excluding tert-OH is 8. The van der Waals surface area contributed by atoms with Crippen LogP contribution in [0.3, 0.4) is 0 Å². The van der Waals surface area contributed by atoms with E-state index < -0.39 is 91.8 Å². The van der Waals surface area contributed by atoms with E-state index in [2.05, 4.69) is 40.5 Å². The maximum atomic E-state index is 13.0. The summed E-state index contributed by atoms with van der Waals surface area (Å²) in [5.74, 6) is -0.328. The lowest BCUT2D eigenvalue weighted by molar-refractivity contribution is -0.0511. The summed E-state index contributed by atoms with van der Waals surface area (Å²) in [5, 5.41) is 88.4. The number of nitrogens with zero attached hydrogens (tertiary/aromatic N) is 6. The third-order valence-corrected chi connectivity index (χ3v) is 9.12. The van der Waals surface area contributed by atoms with Crippen molar-refractivity contribution < 1.29 is 50.3 Å². The molecular formula is C29H42N10O12. The van der Waals surface area contributed by atoms with Crippen LogP contribution in [-0.2, 0) is 9.47 Å². The van der Waals surface area contributed by atoms with Gasteiger partial charge in [-0.3, -0.25) is 28.7 Å². The van der Waals surface area contributed by atoms with Crippen LogP contribution in [0.1, 0.15) is 51.5 Å². The van der Waals surface area contributed by atoms with Crippen LogP contribution in [-0.4, -0.2) is 148 Å². The number of rotatable bonds is 15. The van der Waals surface area contributed by atoms with E-state index in [-0.39, 0.29) is 40.6 Å². The summed E-state index contributed by atoms with van der Waals surface area (Å²) in [6.45, 7) is 0.866. The summed E-state index contributed by atoms with van der Waals surface area (Å²) >= 11 is 0. The lowest BCUT2D eigenvalue weighted by atomic mass is 10.0. The summed E-state index contributed by atoms with van der Waals surface area (Å²) in [6, 6.07) is -0.949. The van der Waals surface area contributed by atoms with Crippen LogP contribution >= 0.6 is 0 Å². The largest absolute Gasteiger partial charge is 0.394 e. The zero-order chi connectivity index (χ0) is 36.6. The van der Waals surface area contributed by atoms with Crippen LogP contribution in [0.2, 0.25) is 0 Å². The minimum absolute atomic E-state index is 0.0325. The fourth-order valence-corrected chi connectivity index (χ4v) is 6.33. The maximum Gasteiger partial charge on any atom is 0.280 e. The Kier molecular flexibility index (Phi) is 11.0. The molecule has 2 fully saturated rings. The molecule has 0 bridgehead atoms. The van der Waals surface area contributed by atoms with Crippen LogP contribution in [0.5, 0.6) is 0 Å². The van der Waals surface area contributed by atoms with Gasteiger partial charge in [0, 0.05) is 6.42 Å². The number of H-pyrrole nitrogens is 2. The monoisotopic (exact) mass is 722 g/mol. The molecule has 0 radical (unpaired) electrons. The van der Waals surface area contributed by atoms with E-state index in [1.165, 1.54) is 21.8 Å². The summed E-state index contributed by atoms with van der Waals surface area (Å²) in [7, 11) is 0. The molecular weight excluding hydrogens is 680 g/mol. The molecule has 3 unspecified atom stereocenters. The van der Waals surface area contributed by atoms with E-state index in [0.29, 0.717) is 12.8 Å². The van der Waals surface area contributed by atoms with Crippen molar-refractivity contribution in [2.75, 3.05) is 23.8 Å². The van der Waals surface area contributed by atoms with Gasteiger partial charge in [0.25, 0.3) is 11.1 Å². The Morgan fingerprint density at radius 3 is 1.73 bits per heavy atom. The van der Waals surface area contributed by atoms with Crippen LogP contribution in [0, 0.1) is 0 Å². The van der Waals surface area contributed by atoms with Gasteiger partial charge in [-0.05, 0) is 6.42 Å². The minimum atomic E-state index is -1.47. The van der Waals surface area contributed by atoms with Gasteiger partial charge in [-0.2, -0.15) is 9.97 Å². The van der Waals surface area contributed by atoms with Crippen molar-refractivity contribution in [2.45, 2.75) is 106 Å². The molecule has 6 heterocycles. The van der Waals surface area contributed by atoms with Crippen LogP contribution < -0.4 is 21.8 Å². The van der Waals surface area contributed by atoms with Crippen molar-refractivity contribution in [1.82, 2.24) is 39.0 Å². The van der Waals surface area contributed by atoms with Crippen LogP contribution in [0.25, 0.3) is 22.3 Å². The second-order valence-electron chi connectivity index (χ2n) is 12.6. The standard InChI is InChI=1S/C29H42N10O12/c1-2-3-4-5-12(42)11(32-28-34-22-16(24(48)36-28)30-9-38(22)26-20(46)18(44)13(7-40)50-26)6-15(43)33-29-35-23-17(25(49)37-29)31-10-39(23)27-21(47)19(45)14(8-41)51-27/h9-15,18-21,26-27,40-47H,2-8H2,1H3,(H2,32,34,36,48)(H2,33,35,37,49)/t11?,12?,13-,14-,15?,18-,19-,20-,21-,26-,27-/m1/s1. The molecule has 51 heavy (non-hydrogen) atoms. The normalized spacial score (nSPS) is 28.4. The highest BCUT2D eigenvalue weighted by atomic mass is 16.6. The SMILES string of the molecule is CCCCCC(O)C(CC(O)Nc1nc2c(ncn2[C@@H]2O[C@H](CO)[C@@H](O)[C@H]2O)c(=O)[nH]1)Nc1nc2c(ncn2[C@@H]2O[C@H](CO)[C@@H](O)[C@H]2O)c(=O)[nH]1. The Morgan fingerprint density at radius 2 is 1.27 bits per heavy atom. The first kappa shape index (κ1) is 36.7. The minimum Gasteiger partial charge on any atom is -0.394 e.